The molecule has 2 heteroatoms. The number of hydrogen-bond donors (Lipinski definition) is 0. The third kappa shape index (κ3) is 4.66. The highest BCUT2D eigenvalue weighted by atomic mass is 16.5. The van der Waals surface area contributed by atoms with Crippen molar-refractivity contribution in [1.29, 1.82) is 0 Å². The lowest BCUT2D eigenvalue weighted by atomic mass is 9.36. The first kappa shape index (κ1) is 20.0. The van der Waals surface area contributed by atoms with Crippen molar-refractivity contribution in [3.05, 3.63) is 109 Å². The molecule has 4 rings (SSSR count). The predicted octanol–water partition coefficient (Wildman–Crippen LogP) is 5.05. The Bertz CT molecular complexity index is 1020. The monoisotopic (exact) mass is 390 g/mol. The van der Waals surface area contributed by atoms with Crippen LogP contribution in [0, 0.1) is 0 Å². The summed E-state index contributed by atoms with van der Waals surface area (Å²) in [7, 11) is 0. The van der Waals surface area contributed by atoms with Crippen LogP contribution < -0.4 is 21.1 Å². The summed E-state index contributed by atoms with van der Waals surface area (Å²) < 4.78 is 5.98. The van der Waals surface area contributed by atoms with Crippen molar-refractivity contribution in [1.82, 2.24) is 0 Å². The van der Waals surface area contributed by atoms with Crippen molar-refractivity contribution in [3.8, 4) is 16.9 Å². The zero-order valence-corrected chi connectivity index (χ0v) is 17.5. The van der Waals surface area contributed by atoms with Gasteiger partial charge in [-0.05, 0) is 29.7 Å². The average molecular weight is 390 g/mol. The first-order chi connectivity index (χ1) is 14.9. The molecule has 0 spiro atoms. The van der Waals surface area contributed by atoms with Gasteiger partial charge >= 0.3 is 0 Å². The van der Waals surface area contributed by atoms with Gasteiger partial charge in [-0.3, -0.25) is 0 Å². The number of rotatable bonds is 8. The molecular weight excluding hydrogens is 363 g/mol. The molecule has 0 saturated heterocycles. The van der Waals surface area contributed by atoms with Gasteiger partial charge in [0.15, 0.2) is 0 Å². The summed E-state index contributed by atoms with van der Waals surface area (Å²) in [6.45, 7) is 3.12. The maximum Gasteiger partial charge on any atom is 0.241 e. The third-order valence-electron chi connectivity index (χ3n) is 5.45. The lowest BCUT2D eigenvalue weighted by Gasteiger charge is -2.19. The quantitative estimate of drug-likeness (QED) is 0.302. The largest absolute Gasteiger partial charge is 0.494 e. The van der Waals surface area contributed by atoms with E-state index in [2.05, 4.69) is 110 Å². The maximum atomic E-state index is 5.98. The molecule has 30 heavy (non-hydrogen) atoms. The van der Waals surface area contributed by atoms with E-state index in [4.69, 9.17) is 4.74 Å². The molecule has 148 valence electrons. The van der Waals surface area contributed by atoms with E-state index in [1.54, 1.807) is 0 Å². The van der Waals surface area contributed by atoms with Crippen molar-refractivity contribution >= 4 is 23.1 Å². The van der Waals surface area contributed by atoms with Gasteiger partial charge in [0.1, 0.15) is 5.75 Å². The van der Waals surface area contributed by atoms with Crippen LogP contribution in [0.15, 0.2) is 109 Å². The van der Waals surface area contributed by atoms with Crippen LogP contribution in [0.2, 0.25) is 0 Å². The van der Waals surface area contributed by atoms with Gasteiger partial charge in [0.05, 0.1) is 6.61 Å². The maximum absolute atomic E-state index is 5.98. The second-order valence-corrected chi connectivity index (χ2v) is 7.57. The molecule has 0 bridgehead atoms. The molecule has 0 aliphatic carbocycles. The Kier molecular flexibility index (Phi) is 6.66. The molecule has 0 N–H and O–H groups in total. The van der Waals surface area contributed by atoms with Gasteiger partial charge in [0.25, 0.3) is 0 Å². The van der Waals surface area contributed by atoms with Crippen molar-refractivity contribution in [2.75, 3.05) is 6.61 Å². The molecule has 0 radical (unpaired) electrons. The number of hydrogen-bond acceptors (Lipinski definition) is 1. The molecular formula is C28H27BO. The van der Waals surface area contributed by atoms with Crippen LogP contribution in [0.5, 0.6) is 5.75 Å². The van der Waals surface area contributed by atoms with E-state index in [1.165, 1.54) is 27.5 Å². The lowest BCUT2D eigenvalue weighted by molar-refractivity contribution is 0.309. The molecule has 0 heterocycles. The zero-order chi connectivity index (χ0) is 20.6. The normalized spacial score (nSPS) is 10.6. The Morgan fingerprint density at radius 3 is 1.97 bits per heavy atom. The van der Waals surface area contributed by atoms with Gasteiger partial charge in [-0.2, -0.15) is 0 Å². The first-order valence-corrected chi connectivity index (χ1v) is 10.8. The van der Waals surface area contributed by atoms with Crippen LogP contribution >= 0.6 is 0 Å². The molecule has 0 aliphatic rings. The van der Waals surface area contributed by atoms with Crippen molar-refractivity contribution in [2.24, 2.45) is 0 Å². The fraction of sp³-hybridized carbons (Fsp3) is 0.143. The summed E-state index contributed by atoms with van der Waals surface area (Å²) in [4.78, 5) is 0. The van der Waals surface area contributed by atoms with E-state index in [1.807, 2.05) is 6.07 Å². The Morgan fingerprint density at radius 1 is 0.667 bits per heavy atom. The standard InChI is InChI=1S/C28H27BO/c1-2-3-21-30-26-18-12-13-23(22-26)27-19-10-11-20-28(27)29(24-14-6-4-7-15-24)25-16-8-5-9-17-25/h4-20,22H,2-3,21H2,1H3. The van der Waals surface area contributed by atoms with Crippen molar-refractivity contribution < 1.29 is 4.74 Å². The Balaban J connectivity index is 1.79. The first-order valence-electron chi connectivity index (χ1n) is 10.8. The minimum absolute atomic E-state index is 0.174. The highest BCUT2D eigenvalue weighted by Crippen LogP contribution is 2.23. The number of ether oxygens (including phenoxy) is 1. The zero-order valence-electron chi connectivity index (χ0n) is 17.5. The molecule has 1 nitrogen and oxygen atoms in total. The van der Waals surface area contributed by atoms with E-state index in [0.29, 0.717) is 0 Å². The fourth-order valence-electron chi connectivity index (χ4n) is 3.94. The number of unbranched alkanes of at least 4 members (excludes halogenated alkanes) is 1. The summed E-state index contributed by atoms with van der Waals surface area (Å²) in [5.74, 6) is 0.937. The van der Waals surface area contributed by atoms with Crippen LogP contribution in [-0.4, -0.2) is 13.3 Å². The second-order valence-electron chi connectivity index (χ2n) is 7.57. The average Bonchev–Trinajstić information content (AvgIpc) is 2.81. The predicted molar refractivity (Wildman–Crippen MR) is 130 cm³/mol. The summed E-state index contributed by atoms with van der Waals surface area (Å²) in [5, 5.41) is 0. The summed E-state index contributed by atoms with van der Waals surface area (Å²) in [5.41, 5.74) is 6.34. The molecule has 0 aromatic heterocycles. The van der Waals surface area contributed by atoms with E-state index in [0.717, 1.165) is 25.2 Å². The summed E-state index contributed by atoms with van der Waals surface area (Å²) in [6.07, 6.45) is 2.21. The minimum Gasteiger partial charge on any atom is -0.494 e. The van der Waals surface area contributed by atoms with Gasteiger partial charge in [0, 0.05) is 0 Å². The van der Waals surface area contributed by atoms with Gasteiger partial charge in [-0.25, -0.2) is 0 Å². The minimum atomic E-state index is 0.174. The van der Waals surface area contributed by atoms with Gasteiger partial charge in [-0.15, -0.1) is 0 Å². The molecule has 4 aromatic rings. The van der Waals surface area contributed by atoms with Gasteiger partial charge < -0.3 is 4.74 Å². The third-order valence-corrected chi connectivity index (χ3v) is 5.45. The molecule has 0 amide bonds. The van der Waals surface area contributed by atoms with E-state index in [9.17, 15) is 0 Å². The molecule has 0 fully saturated rings. The molecule has 4 aromatic carbocycles. The highest BCUT2D eigenvalue weighted by Gasteiger charge is 2.24. The lowest BCUT2D eigenvalue weighted by Crippen LogP contribution is -2.52. The van der Waals surface area contributed by atoms with E-state index >= 15 is 0 Å². The topological polar surface area (TPSA) is 9.23 Å². The van der Waals surface area contributed by atoms with Gasteiger partial charge in [0.2, 0.25) is 6.71 Å². The van der Waals surface area contributed by atoms with Crippen molar-refractivity contribution in [2.45, 2.75) is 19.8 Å². The number of benzene rings is 4. The van der Waals surface area contributed by atoms with Crippen LogP contribution in [0.1, 0.15) is 19.8 Å². The van der Waals surface area contributed by atoms with Crippen LogP contribution in [0.3, 0.4) is 0 Å². The summed E-state index contributed by atoms with van der Waals surface area (Å²) >= 11 is 0. The molecule has 0 aliphatic heterocycles. The second kappa shape index (κ2) is 9.98. The highest BCUT2D eigenvalue weighted by molar-refractivity contribution is 6.96. The molecule has 0 unspecified atom stereocenters. The van der Waals surface area contributed by atoms with Crippen LogP contribution in [0.25, 0.3) is 11.1 Å². The van der Waals surface area contributed by atoms with Crippen molar-refractivity contribution in [3.63, 3.8) is 0 Å². The Hall–Kier alpha value is -3.26. The van der Waals surface area contributed by atoms with E-state index < -0.39 is 0 Å². The Labute approximate surface area is 180 Å². The fourth-order valence-corrected chi connectivity index (χ4v) is 3.94. The smallest absolute Gasteiger partial charge is 0.241 e. The molecule has 0 atom stereocenters. The van der Waals surface area contributed by atoms with Crippen LogP contribution in [0.4, 0.5) is 0 Å². The van der Waals surface area contributed by atoms with Crippen LogP contribution in [-0.2, 0) is 0 Å². The summed E-state index contributed by atoms with van der Waals surface area (Å²) in [6, 6.07) is 38.7. The van der Waals surface area contributed by atoms with E-state index in [-0.39, 0.29) is 6.71 Å². The van der Waals surface area contributed by atoms with Gasteiger partial charge in [-0.1, -0.05) is 127 Å². The SMILES string of the molecule is CCCCOc1cccc(-c2ccccc2B(c2ccccc2)c2ccccc2)c1. The Morgan fingerprint density at radius 2 is 1.30 bits per heavy atom. The molecule has 0 saturated carbocycles.